The normalized spacial score (nSPS) is 10.6. The van der Waals surface area contributed by atoms with Crippen molar-refractivity contribution < 1.29 is 13.6 Å². The van der Waals surface area contributed by atoms with Gasteiger partial charge in [0.15, 0.2) is 5.78 Å². The largest absolute Gasteiger partial charge is 0.294 e. The van der Waals surface area contributed by atoms with Gasteiger partial charge in [0.2, 0.25) is 0 Å². The van der Waals surface area contributed by atoms with Gasteiger partial charge in [0.25, 0.3) is 0 Å². The summed E-state index contributed by atoms with van der Waals surface area (Å²) >= 11 is 0. The van der Waals surface area contributed by atoms with Gasteiger partial charge in [-0.2, -0.15) is 0 Å². The Balaban J connectivity index is 2.08. The molecule has 20 heavy (non-hydrogen) atoms. The zero-order chi connectivity index (χ0) is 14.7. The fourth-order valence-electron chi connectivity index (χ4n) is 2.33. The second-order valence-electron chi connectivity index (χ2n) is 5.08. The van der Waals surface area contributed by atoms with E-state index in [9.17, 15) is 13.6 Å². The van der Waals surface area contributed by atoms with Crippen molar-refractivity contribution in [1.82, 2.24) is 0 Å². The zero-order valence-corrected chi connectivity index (χ0v) is 11.5. The van der Waals surface area contributed by atoms with Gasteiger partial charge in [0, 0.05) is 18.1 Å². The third kappa shape index (κ3) is 3.73. The summed E-state index contributed by atoms with van der Waals surface area (Å²) < 4.78 is 26.1. The van der Waals surface area contributed by atoms with Gasteiger partial charge in [-0.1, -0.05) is 29.3 Å². The van der Waals surface area contributed by atoms with Crippen LogP contribution < -0.4 is 0 Å². The van der Waals surface area contributed by atoms with Crippen LogP contribution in [0.15, 0.2) is 36.4 Å². The number of aryl methyl sites for hydroxylation is 3. The Labute approximate surface area is 117 Å². The number of hydrogen-bond acceptors (Lipinski definition) is 1. The fourth-order valence-corrected chi connectivity index (χ4v) is 2.33. The highest BCUT2D eigenvalue weighted by molar-refractivity contribution is 5.96. The minimum Gasteiger partial charge on any atom is -0.294 e. The van der Waals surface area contributed by atoms with Gasteiger partial charge in [0.1, 0.15) is 11.6 Å². The van der Waals surface area contributed by atoms with Crippen LogP contribution in [0.2, 0.25) is 0 Å². The average molecular weight is 274 g/mol. The van der Waals surface area contributed by atoms with Crippen LogP contribution in [-0.4, -0.2) is 5.78 Å². The molecule has 0 atom stereocenters. The molecular formula is C17H16F2O. The monoisotopic (exact) mass is 274 g/mol. The van der Waals surface area contributed by atoms with E-state index in [4.69, 9.17) is 0 Å². The number of halogens is 2. The predicted molar refractivity (Wildman–Crippen MR) is 74.9 cm³/mol. The fraction of sp³-hybridized carbons (Fsp3) is 0.235. The van der Waals surface area contributed by atoms with Crippen LogP contribution in [0.4, 0.5) is 8.78 Å². The van der Waals surface area contributed by atoms with Crippen molar-refractivity contribution in [2.24, 2.45) is 0 Å². The van der Waals surface area contributed by atoms with E-state index in [2.05, 4.69) is 6.07 Å². The predicted octanol–water partition coefficient (Wildman–Crippen LogP) is 4.40. The maximum Gasteiger partial charge on any atom is 0.163 e. The summed E-state index contributed by atoms with van der Waals surface area (Å²) in [7, 11) is 0. The highest BCUT2D eigenvalue weighted by Crippen LogP contribution is 2.14. The van der Waals surface area contributed by atoms with Crippen molar-refractivity contribution in [3.05, 3.63) is 70.3 Å². The molecule has 0 N–H and O–H groups in total. The zero-order valence-electron chi connectivity index (χ0n) is 11.5. The Morgan fingerprint density at radius 3 is 2.00 bits per heavy atom. The summed E-state index contributed by atoms with van der Waals surface area (Å²) in [5.41, 5.74) is 3.44. The lowest BCUT2D eigenvalue weighted by molar-refractivity contribution is 0.0982. The van der Waals surface area contributed by atoms with Crippen molar-refractivity contribution in [3.8, 4) is 0 Å². The summed E-state index contributed by atoms with van der Waals surface area (Å²) in [5, 5.41) is 0. The second-order valence-corrected chi connectivity index (χ2v) is 5.08. The molecule has 0 aliphatic rings. The van der Waals surface area contributed by atoms with Gasteiger partial charge in [-0.25, -0.2) is 8.78 Å². The minimum absolute atomic E-state index is 0.0897. The van der Waals surface area contributed by atoms with Gasteiger partial charge in [-0.05, 0) is 38.0 Å². The molecule has 0 saturated heterocycles. The Morgan fingerprint density at radius 2 is 1.45 bits per heavy atom. The molecular weight excluding hydrogens is 258 g/mol. The standard InChI is InChI=1S/C17H16F2O/c1-11-5-12(2)7-13(6-11)3-4-17(20)14-8-15(18)10-16(19)9-14/h5-10H,3-4H2,1-2H3. The van der Waals surface area contributed by atoms with E-state index in [1.807, 2.05) is 26.0 Å². The number of ketones is 1. The SMILES string of the molecule is Cc1cc(C)cc(CCC(=O)c2cc(F)cc(F)c2)c1. The van der Waals surface area contributed by atoms with Crippen LogP contribution in [0.1, 0.15) is 33.5 Å². The van der Waals surface area contributed by atoms with Gasteiger partial charge in [-0.15, -0.1) is 0 Å². The molecule has 2 aromatic carbocycles. The number of Topliss-reactive ketones (excluding diaryl/α,β-unsaturated/α-hetero) is 1. The van der Waals surface area contributed by atoms with Gasteiger partial charge < -0.3 is 0 Å². The van der Waals surface area contributed by atoms with Gasteiger partial charge in [0.05, 0.1) is 0 Å². The molecule has 0 spiro atoms. The van der Waals surface area contributed by atoms with Crippen molar-refractivity contribution in [2.75, 3.05) is 0 Å². The van der Waals surface area contributed by atoms with Crippen LogP contribution in [-0.2, 0) is 6.42 Å². The highest BCUT2D eigenvalue weighted by Gasteiger charge is 2.09. The highest BCUT2D eigenvalue weighted by atomic mass is 19.1. The smallest absolute Gasteiger partial charge is 0.163 e. The Kier molecular flexibility index (Phi) is 4.28. The lowest BCUT2D eigenvalue weighted by atomic mass is 10.00. The van der Waals surface area contributed by atoms with Crippen LogP contribution in [0.25, 0.3) is 0 Å². The first-order chi connectivity index (χ1) is 9.44. The van der Waals surface area contributed by atoms with Crippen molar-refractivity contribution in [3.63, 3.8) is 0 Å². The van der Waals surface area contributed by atoms with Crippen LogP contribution >= 0.6 is 0 Å². The molecule has 0 radical (unpaired) electrons. The number of carbonyl (C=O) groups excluding carboxylic acids is 1. The molecule has 0 amide bonds. The van der Waals surface area contributed by atoms with E-state index in [-0.39, 0.29) is 17.8 Å². The molecule has 0 aliphatic heterocycles. The molecule has 0 saturated carbocycles. The van der Waals surface area contributed by atoms with E-state index in [0.717, 1.165) is 34.9 Å². The lowest BCUT2D eigenvalue weighted by Crippen LogP contribution is -2.03. The van der Waals surface area contributed by atoms with Gasteiger partial charge in [-0.3, -0.25) is 4.79 Å². The number of carbonyl (C=O) groups is 1. The summed E-state index contributed by atoms with van der Waals surface area (Å²) in [6, 6.07) is 9.02. The first kappa shape index (κ1) is 14.4. The Morgan fingerprint density at radius 1 is 0.900 bits per heavy atom. The molecule has 2 aromatic rings. The molecule has 0 bridgehead atoms. The molecule has 104 valence electrons. The van der Waals surface area contributed by atoms with Crippen molar-refractivity contribution in [2.45, 2.75) is 26.7 Å². The molecule has 0 unspecified atom stereocenters. The van der Waals surface area contributed by atoms with E-state index >= 15 is 0 Å². The van der Waals surface area contributed by atoms with Crippen molar-refractivity contribution >= 4 is 5.78 Å². The Bertz CT molecular complexity index is 607. The molecule has 2 rings (SSSR count). The minimum atomic E-state index is -0.722. The summed E-state index contributed by atoms with van der Waals surface area (Å²) in [5.74, 6) is -1.69. The first-order valence-corrected chi connectivity index (χ1v) is 6.50. The first-order valence-electron chi connectivity index (χ1n) is 6.50. The number of hydrogen-bond donors (Lipinski definition) is 0. The van der Waals surface area contributed by atoms with Crippen LogP contribution in [0, 0.1) is 25.5 Å². The number of rotatable bonds is 4. The third-order valence-corrected chi connectivity index (χ3v) is 3.11. The molecule has 1 nitrogen and oxygen atoms in total. The summed E-state index contributed by atoms with van der Waals surface area (Å²) in [4.78, 5) is 12.0. The van der Waals surface area contributed by atoms with E-state index < -0.39 is 11.6 Å². The quantitative estimate of drug-likeness (QED) is 0.755. The van der Waals surface area contributed by atoms with Crippen molar-refractivity contribution in [1.29, 1.82) is 0 Å². The second kappa shape index (κ2) is 5.95. The van der Waals surface area contributed by atoms with E-state index in [1.54, 1.807) is 0 Å². The van der Waals surface area contributed by atoms with Crippen LogP contribution in [0.5, 0.6) is 0 Å². The molecule has 0 fully saturated rings. The summed E-state index contributed by atoms with van der Waals surface area (Å²) in [6.45, 7) is 4.00. The summed E-state index contributed by atoms with van der Waals surface area (Å²) in [6.07, 6.45) is 0.811. The molecule has 0 aromatic heterocycles. The Hall–Kier alpha value is -2.03. The van der Waals surface area contributed by atoms with E-state index in [1.165, 1.54) is 0 Å². The van der Waals surface area contributed by atoms with Crippen LogP contribution in [0.3, 0.4) is 0 Å². The van der Waals surface area contributed by atoms with Gasteiger partial charge >= 0.3 is 0 Å². The maximum atomic E-state index is 13.1. The number of benzene rings is 2. The lowest BCUT2D eigenvalue weighted by Gasteiger charge is -2.05. The topological polar surface area (TPSA) is 17.1 Å². The molecule has 0 aliphatic carbocycles. The third-order valence-electron chi connectivity index (χ3n) is 3.11. The van der Waals surface area contributed by atoms with E-state index in [0.29, 0.717) is 6.42 Å². The maximum absolute atomic E-state index is 13.1. The molecule has 3 heteroatoms. The average Bonchev–Trinajstić information content (AvgIpc) is 2.33. The molecule has 0 heterocycles.